The second-order valence-electron chi connectivity index (χ2n) is 4.70. The zero-order valence-electron chi connectivity index (χ0n) is 11.9. The van der Waals surface area contributed by atoms with Crippen molar-refractivity contribution in [3.63, 3.8) is 0 Å². The minimum Gasteiger partial charge on any atom is -0.483 e. The van der Waals surface area contributed by atoms with Gasteiger partial charge in [0.1, 0.15) is 17.4 Å². The van der Waals surface area contributed by atoms with Gasteiger partial charge in [-0.25, -0.2) is 8.78 Å². The normalized spacial score (nSPS) is 10.4. The quantitative estimate of drug-likeness (QED) is 0.802. The molecule has 0 heterocycles. The molecule has 3 nitrogen and oxygen atoms in total. The molecule has 0 saturated carbocycles. The fourth-order valence-corrected chi connectivity index (χ4v) is 2.28. The van der Waals surface area contributed by atoms with Crippen LogP contribution in [0.2, 0.25) is 0 Å². The molecule has 1 amide bonds. The average molecular weight is 370 g/mol. The van der Waals surface area contributed by atoms with E-state index in [2.05, 4.69) is 15.9 Å². The highest BCUT2D eigenvalue weighted by molar-refractivity contribution is 9.10. The lowest BCUT2D eigenvalue weighted by molar-refractivity contribution is -0.132. The van der Waals surface area contributed by atoms with Gasteiger partial charge in [-0.05, 0) is 40.2 Å². The van der Waals surface area contributed by atoms with Crippen molar-refractivity contribution in [2.45, 2.75) is 6.54 Å². The molecule has 0 fully saturated rings. The van der Waals surface area contributed by atoms with Gasteiger partial charge in [0.05, 0.1) is 4.47 Å². The number of amides is 1. The van der Waals surface area contributed by atoms with Gasteiger partial charge in [0.15, 0.2) is 6.61 Å². The molecule has 2 rings (SSSR count). The molecule has 0 aliphatic carbocycles. The number of nitrogens with zero attached hydrogens (tertiary/aromatic N) is 1. The smallest absolute Gasteiger partial charge is 0.260 e. The van der Waals surface area contributed by atoms with Crippen LogP contribution in [0.4, 0.5) is 8.78 Å². The Hall–Kier alpha value is -1.95. The van der Waals surface area contributed by atoms with E-state index in [4.69, 9.17) is 4.74 Å². The topological polar surface area (TPSA) is 29.5 Å². The number of benzene rings is 2. The summed E-state index contributed by atoms with van der Waals surface area (Å²) in [5.41, 5.74) is 0.432. The Balaban J connectivity index is 1.93. The molecule has 0 bridgehead atoms. The average Bonchev–Trinajstić information content (AvgIpc) is 2.48. The third-order valence-corrected chi connectivity index (χ3v) is 3.66. The number of hydrogen-bond donors (Lipinski definition) is 0. The van der Waals surface area contributed by atoms with Crippen molar-refractivity contribution in [3.05, 3.63) is 64.1 Å². The van der Waals surface area contributed by atoms with Crippen molar-refractivity contribution in [1.82, 2.24) is 4.90 Å². The molecule has 0 aliphatic rings. The summed E-state index contributed by atoms with van der Waals surface area (Å²) >= 11 is 3.16. The summed E-state index contributed by atoms with van der Waals surface area (Å²) in [6.07, 6.45) is 0. The number of carbonyl (C=O) groups excluding carboxylic acids is 1. The van der Waals surface area contributed by atoms with Crippen LogP contribution in [0.3, 0.4) is 0 Å². The summed E-state index contributed by atoms with van der Waals surface area (Å²) in [5, 5.41) is 0. The van der Waals surface area contributed by atoms with E-state index in [9.17, 15) is 13.6 Å². The maximum Gasteiger partial charge on any atom is 0.260 e. The van der Waals surface area contributed by atoms with E-state index in [1.54, 1.807) is 25.2 Å². The molecular formula is C16H14BrF2NO2. The van der Waals surface area contributed by atoms with Crippen LogP contribution in [0.1, 0.15) is 5.56 Å². The minimum atomic E-state index is -0.401. The van der Waals surface area contributed by atoms with Gasteiger partial charge in [0.25, 0.3) is 5.91 Å². The first-order valence-electron chi connectivity index (χ1n) is 6.52. The van der Waals surface area contributed by atoms with E-state index >= 15 is 0 Å². The SMILES string of the molecule is CN(Cc1ccccc1F)C(=O)COc1ccc(F)cc1Br. The zero-order chi connectivity index (χ0) is 16.1. The lowest BCUT2D eigenvalue weighted by atomic mass is 10.2. The van der Waals surface area contributed by atoms with E-state index in [0.29, 0.717) is 15.8 Å². The Morgan fingerprint density at radius 2 is 1.95 bits per heavy atom. The Morgan fingerprint density at radius 3 is 2.64 bits per heavy atom. The first kappa shape index (κ1) is 16.4. The second kappa shape index (κ2) is 7.35. The van der Waals surface area contributed by atoms with Gasteiger partial charge in [0.2, 0.25) is 0 Å². The maximum atomic E-state index is 13.5. The van der Waals surface area contributed by atoms with Crippen LogP contribution in [0.15, 0.2) is 46.9 Å². The van der Waals surface area contributed by atoms with Crippen LogP contribution >= 0.6 is 15.9 Å². The first-order valence-corrected chi connectivity index (χ1v) is 7.32. The largest absolute Gasteiger partial charge is 0.483 e. The molecule has 0 unspecified atom stereocenters. The van der Waals surface area contributed by atoms with Gasteiger partial charge in [-0.1, -0.05) is 18.2 Å². The van der Waals surface area contributed by atoms with Crippen molar-refractivity contribution in [3.8, 4) is 5.75 Å². The van der Waals surface area contributed by atoms with Gasteiger partial charge in [0, 0.05) is 19.2 Å². The Bertz CT molecular complexity index is 679. The van der Waals surface area contributed by atoms with Crippen molar-refractivity contribution in [2.24, 2.45) is 0 Å². The lowest BCUT2D eigenvalue weighted by Crippen LogP contribution is -2.31. The number of hydrogen-bond acceptors (Lipinski definition) is 2. The predicted molar refractivity (Wildman–Crippen MR) is 82.5 cm³/mol. The van der Waals surface area contributed by atoms with E-state index in [-0.39, 0.29) is 24.9 Å². The number of ether oxygens (including phenoxy) is 1. The van der Waals surface area contributed by atoms with Crippen LogP contribution in [0.5, 0.6) is 5.75 Å². The van der Waals surface area contributed by atoms with E-state index in [1.807, 2.05) is 0 Å². The van der Waals surface area contributed by atoms with Crippen LogP contribution in [-0.4, -0.2) is 24.5 Å². The Morgan fingerprint density at radius 1 is 1.23 bits per heavy atom. The van der Waals surface area contributed by atoms with E-state index < -0.39 is 5.82 Å². The summed E-state index contributed by atoms with van der Waals surface area (Å²) < 4.78 is 32.3. The van der Waals surface area contributed by atoms with Crippen LogP contribution < -0.4 is 4.74 Å². The van der Waals surface area contributed by atoms with Crippen molar-refractivity contribution in [1.29, 1.82) is 0 Å². The third-order valence-electron chi connectivity index (χ3n) is 3.04. The van der Waals surface area contributed by atoms with Gasteiger partial charge in [-0.15, -0.1) is 0 Å². The molecule has 0 spiro atoms. The highest BCUT2D eigenvalue weighted by Gasteiger charge is 2.13. The van der Waals surface area contributed by atoms with Crippen molar-refractivity contribution >= 4 is 21.8 Å². The zero-order valence-corrected chi connectivity index (χ0v) is 13.4. The van der Waals surface area contributed by atoms with E-state index in [1.165, 1.54) is 29.2 Å². The molecule has 116 valence electrons. The van der Waals surface area contributed by atoms with Crippen molar-refractivity contribution in [2.75, 3.05) is 13.7 Å². The summed E-state index contributed by atoms with van der Waals surface area (Å²) in [4.78, 5) is 13.4. The summed E-state index contributed by atoms with van der Waals surface area (Å²) in [5.74, 6) is -0.694. The molecule has 2 aromatic rings. The standard InChI is InChI=1S/C16H14BrF2NO2/c1-20(9-11-4-2-3-5-14(11)19)16(21)10-22-15-7-6-12(18)8-13(15)17/h2-8H,9-10H2,1H3. The van der Waals surface area contributed by atoms with Crippen LogP contribution in [-0.2, 0) is 11.3 Å². The fourth-order valence-electron chi connectivity index (χ4n) is 1.81. The Kier molecular flexibility index (Phi) is 5.49. The van der Waals surface area contributed by atoms with E-state index in [0.717, 1.165) is 0 Å². The minimum absolute atomic E-state index is 0.152. The molecule has 0 aliphatic heterocycles. The molecule has 0 aromatic heterocycles. The molecule has 0 atom stereocenters. The summed E-state index contributed by atoms with van der Waals surface area (Å²) in [6.45, 7) is -0.0609. The fraction of sp³-hybridized carbons (Fsp3) is 0.188. The molecule has 6 heteroatoms. The molecule has 0 N–H and O–H groups in total. The number of carbonyl (C=O) groups is 1. The molecular weight excluding hydrogens is 356 g/mol. The van der Waals surface area contributed by atoms with Gasteiger partial charge >= 0.3 is 0 Å². The number of likely N-dealkylation sites (N-methyl/N-ethyl adjacent to an activating group) is 1. The van der Waals surface area contributed by atoms with Crippen LogP contribution in [0.25, 0.3) is 0 Å². The predicted octanol–water partition coefficient (Wildman–Crippen LogP) is 3.76. The highest BCUT2D eigenvalue weighted by atomic mass is 79.9. The monoisotopic (exact) mass is 369 g/mol. The Labute approximate surface area is 135 Å². The molecule has 22 heavy (non-hydrogen) atoms. The number of rotatable bonds is 5. The van der Waals surface area contributed by atoms with Gasteiger partial charge in [-0.2, -0.15) is 0 Å². The summed E-state index contributed by atoms with van der Waals surface area (Å²) in [6, 6.07) is 10.2. The third kappa shape index (κ3) is 4.27. The van der Waals surface area contributed by atoms with Crippen LogP contribution in [0, 0.1) is 11.6 Å². The highest BCUT2D eigenvalue weighted by Crippen LogP contribution is 2.25. The lowest BCUT2D eigenvalue weighted by Gasteiger charge is -2.18. The molecule has 0 radical (unpaired) electrons. The molecule has 2 aromatic carbocycles. The van der Waals surface area contributed by atoms with Gasteiger partial charge < -0.3 is 9.64 Å². The molecule has 0 saturated heterocycles. The van der Waals surface area contributed by atoms with Gasteiger partial charge in [-0.3, -0.25) is 4.79 Å². The second-order valence-corrected chi connectivity index (χ2v) is 5.56. The summed E-state index contributed by atoms with van der Waals surface area (Å²) in [7, 11) is 1.57. The number of halogens is 3. The van der Waals surface area contributed by atoms with Crippen molar-refractivity contribution < 1.29 is 18.3 Å². The first-order chi connectivity index (χ1) is 10.5. The maximum absolute atomic E-state index is 13.5.